The van der Waals surface area contributed by atoms with Crippen LogP contribution in [0.15, 0.2) is 41.2 Å². The molecule has 0 aliphatic rings. The number of pyridine rings is 1. The van der Waals surface area contributed by atoms with E-state index in [1.165, 1.54) is 24.3 Å². The van der Waals surface area contributed by atoms with Crippen molar-refractivity contribution in [2.24, 2.45) is 0 Å². The van der Waals surface area contributed by atoms with Crippen molar-refractivity contribution in [1.82, 2.24) is 4.98 Å². The van der Waals surface area contributed by atoms with E-state index in [1.54, 1.807) is 0 Å². The van der Waals surface area contributed by atoms with Gasteiger partial charge in [-0.05, 0) is 23.8 Å². The van der Waals surface area contributed by atoms with Gasteiger partial charge in [-0.15, -0.1) is 13.2 Å². The van der Waals surface area contributed by atoms with Gasteiger partial charge in [0.2, 0.25) is 5.56 Å². The van der Waals surface area contributed by atoms with Crippen molar-refractivity contribution in [1.29, 1.82) is 0 Å². The molecule has 0 fully saturated rings. The number of carbonyl (C=O) groups excluding carboxylic acids is 1. The summed E-state index contributed by atoms with van der Waals surface area (Å²) < 4.78 is 39.8. The molecule has 1 N–H and O–H groups in total. The number of H-pyrrole nitrogens is 1. The molecule has 0 aliphatic heterocycles. The summed E-state index contributed by atoms with van der Waals surface area (Å²) in [7, 11) is 0. The van der Waals surface area contributed by atoms with Crippen molar-refractivity contribution in [2.75, 3.05) is 0 Å². The van der Waals surface area contributed by atoms with Crippen LogP contribution in [0.3, 0.4) is 0 Å². The van der Waals surface area contributed by atoms with Crippen LogP contribution in [-0.4, -0.2) is 17.6 Å². The van der Waals surface area contributed by atoms with Gasteiger partial charge in [-0.25, -0.2) is 0 Å². The average Bonchev–Trinajstić information content (AvgIpc) is 2.38. The van der Waals surface area contributed by atoms with Crippen molar-refractivity contribution in [3.63, 3.8) is 0 Å². The fraction of sp³-hybridized carbons (Fsp3) is 0.0769. The van der Waals surface area contributed by atoms with Crippen LogP contribution in [0.1, 0.15) is 10.5 Å². The highest BCUT2D eigenvalue weighted by Gasteiger charge is 2.30. The predicted octanol–water partition coefficient (Wildman–Crippen LogP) is 2.75. The number of aromatic amines is 1. The summed E-state index contributed by atoms with van der Waals surface area (Å²) in [5.74, 6) is -0.363. The molecule has 0 aliphatic carbocycles. The van der Waals surface area contributed by atoms with E-state index in [4.69, 9.17) is 0 Å². The Balaban J connectivity index is 2.35. The first-order valence-electron chi connectivity index (χ1n) is 5.44. The van der Waals surface area contributed by atoms with Gasteiger partial charge in [-0.1, -0.05) is 12.1 Å². The Hall–Kier alpha value is -2.57. The summed E-state index contributed by atoms with van der Waals surface area (Å²) in [6, 6.07) is 7.62. The minimum absolute atomic E-state index is 0.0574. The quantitative estimate of drug-likeness (QED) is 0.881. The van der Waals surface area contributed by atoms with Crippen LogP contribution < -0.4 is 10.3 Å². The van der Waals surface area contributed by atoms with Gasteiger partial charge in [0.1, 0.15) is 5.75 Å². The number of rotatable bonds is 3. The molecule has 7 heteroatoms. The number of hydrogen-bond acceptors (Lipinski definition) is 3. The van der Waals surface area contributed by atoms with Gasteiger partial charge in [0.15, 0.2) is 6.29 Å². The van der Waals surface area contributed by atoms with Crippen molar-refractivity contribution in [3.8, 4) is 16.9 Å². The average molecular weight is 283 g/mol. The van der Waals surface area contributed by atoms with E-state index in [0.717, 1.165) is 12.1 Å². The fourth-order valence-corrected chi connectivity index (χ4v) is 1.67. The molecular formula is C13H8F3NO3. The van der Waals surface area contributed by atoms with Gasteiger partial charge in [-0.3, -0.25) is 9.59 Å². The highest BCUT2D eigenvalue weighted by molar-refractivity contribution is 5.85. The Labute approximate surface area is 110 Å². The highest BCUT2D eigenvalue weighted by atomic mass is 19.4. The Morgan fingerprint density at radius 2 is 1.70 bits per heavy atom. The van der Waals surface area contributed by atoms with E-state index in [2.05, 4.69) is 9.72 Å². The molecule has 0 atom stereocenters. The normalized spacial score (nSPS) is 11.2. The van der Waals surface area contributed by atoms with Gasteiger partial charge >= 0.3 is 6.36 Å². The lowest BCUT2D eigenvalue weighted by Crippen LogP contribution is -2.17. The second kappa shape index (κ2) is 5.20. The van der Waals surface area contributed by atoms with E-state index in [1.807, 2.05) is 0 Å². The summed E-state index contributed by atoms with van der Waals surface area (Å²) in [6.45, 7) is 0. The summed E-state index contributed by atoms with van der Waals surface area (Å²) in [5.41, 5.74) is 0.519. The number of hydrogen-bond donors (Lipinski definition) is 1. The van der Waals surface area contributed by atoms with E-state index >= 15 is 0 Å². The molecule has 2 aromatic rings. The molecule has 1 heterocycles. The maximum absolute atomic E-state index is 12.0. The van der Waals surface area contributed by atoms with Crippen LogP contribution in [0.5, 0.6) is 5.75 Å². The van der Waals surface area contributed by atoms with E-state index in [-0.39, 0.29) is 11.4 Å². The molecule has 1 aromatic heterocycles. The number of carbonyl (C=O) groups is 1. The summed E-state index contributed by atoms with van der Waals surface area (Å²) in [5, 5.41) is 0. The Bertz CT molecular complexity index is 674. The lowest BCUT2D eigenvalue weighted by atomic mass is 10.0. The minimum atomic E-state index is -4.76. The SMILES string of the molecule is O=Cc1[nH]c(=O)ccc1-c1ccc(OC(F)(F)F)cc1. The summed E-state index contributed by atoms with van der Waals surface area (Å²) in [6.07, 6.45) is -4.29. The first-order valence-corrected chi connectivity index (χ1v) is 5.44. The fourth-order valence-electron chi connectivity index (χ4n) is 1.67. The number of ether oxygens (including phenoxy) is 1. The second-order valence-electron chi connectivity index (χ2n) is 3.84. The van der Waals surface area contributed by atoms with Gasteiger partial charge in [0.05, 0.1) is 5.69 Å². The van der Waals surface area contributed by atoms with Crippen molar-refractivity contribution in [2.45, 2.75) is 6.36 Å². The van der Waals surface area contributed by atoms with Crippen LogP contribution in [0.4, 0.5) is 13.2 Å². The molecule has 104 valence electrons. The van der Waals surface area contributed by atoms with Crippen molar-refractivity contribution >= 4 is 6.29 Å². The molecule has 0 unspecified atom stereocenters. The number of benzene rings is 1. The van der Waals surface area contributed by atoms with E-state index < -0.39 is 11.9 Å². The van der Waals surface area contributed by atoms with E-state index in [0.29, 0.717) is 17.4 Å². The number of aldehydes is 1. The molecule has 1 aromatic carbocycles. The zero-order chi connectivity index (χ0) is 14.8. The molecule has 0 bridgehead atoms. The van der Waals surface area contributed by atoms with Crippen LogP contribution in [0, 0.1) is 0 Å². The maximum atomic E-state index is 12.0. The summed E-state index contributed by atoms with van der Waals surface area (Å²) >= 11 is 0. The molecule has 0 saturated heterocycles. The third kappa shape index (κ3) is 3.25. The first kappa shape index (κ1) is 13.9. The summed E-state index contributed by atoms with van der Waals surface area (Å²) in [4.78, 5) is 24.3. The second-order valence-corrected chi connectivity index (χ2v) is 3.84. The van der Waals surface area contributed by atoms with Gasteiger partial charge in [-0.2, -0.15) is 0 Å². The zero-order valence-electron chi connectivity index (χ0n) is 9.90. The monoisotopic (exact) mass is 283 g/mol. The van der Waals surface area contributed by atoms with Gasteiger partial charge in [0.25, 0.3) is 0 Å². The molecule has 0 radical (unpaired) electrons. The molecule has 0 amide bonds. The maximum Gasteiger partial charge on any atom is 0.573 e. The van der Waals surface area contributed by atoms with E-state index in [9.17, 15) is 22.8 Å². The molecule has 0 saturated carbocycles. The Kier molecular flexibility index (Phi) is 3.60. The topological polar surface area (TPSA) is 59.2 Å². The number of alkyl halides is 3. The van der Waals surface area contributed by atoms with Gasteiger partial charge < -0.3 is 9.72 Å². The lowest BCUT2D eigenvalue weighted by Gasteiger charge is -2.10. The van der Waals surface area contributed by atoms with Crippen LogP contribution in [0.25, 0.3) is 11.1 Å². The standard InChI is InChI=1S/C13H8F3NO3/c14-13(15,16)20-9-3-1-8(2-4-9)10-5-6-12(19)17-11(10)7-18/h1-7H,(H,17,19). The number of nitrogens with one attached hydrogen (secondary N) is 1. The van der Waals surface area contributed by atoms with Gasteiger partial charge in [0, 0.05) is 11.6 Å². The van der Waals surface area contributed by atoms with Crippen molar-refractivity contribution in [3.05, 3.63) is 52.4 Å². The molecule has 2 rings (SSSR count). The largest absolute Gasteiger partial charge is 0.573 e. The van der Waals surface area contributed by atoms with Crippen LogP contribution >= 0.6 is 0 Å². The highest BCUT2D eigenvalue weighted by Crippen LogP contribution is 2.26. The van der Waals surface area contributed by atoms with Crippen LogP contribution in [-0.2, 0) is 0 Å². The molecular weight excluding hydrogens is 275 g/mol. The third-order valence-corrected chi connectivity index (χ3v) is 2.47. The zero-order valence-corrected chi connectivity index (χ0v) is 9.90. The number of halogens is 3. The van der Waals surface area contributed by atoms with Crippen LogP contribution in [0.2, 0.25) is 0 Å². The number of aromatic nitrogens is 1. The third-order valence-electron chi connectivity index (χ3n) is 2.47. The Morgan fingerprint density at radius 1 is 1.05 bits per heavy atom. The minimum Gasteiger partial charge on any atom is -0.406 e. The Morgan fingerprint density at radius 3 is 2.25 bits per heavy atom. The predicted molar refractivity (Wildman–Crippen MR) is 64.6 cm³/mol. The lowest BCUT2D eigenvalue weighted by molar-refractivity contribution is -0.274. The molecule has 0 spiro atoms. The smallest absolute Gasteiger partial charge is 0.406 e. The first-order chi connectivity index (χ1) is 9.39. The van der Waals surface area contributed by atoms with Crippen molar-refractivity contribution < 1.29 is 22.7 Å². The molecule has 20 heavy (non-hydrogen) atoms. The molecule has 4 nitrogen and oxygen atoms in total.